The first kappa shape index (κ1) is 11.7. The average molecular weight is 322 g/mol. The molecule has 0 saturated heterocycles. The molecule has 14 heavy (non-hydrogen) atoms. The molecule has 0 atom stereocenters. The molecular weight excluding hydrogens is 312 g/mol. The summed E-state index contributed by atoms with van der Waals surface area (Å²) in [7, 11) is 0. The highest BCUT2D eigenvalue weighted by molar-refractivity contribution is 9.10. The van der Waals surface area contributed by atoms with Gasteiger partial charge in [0.25, 0.3) is 0 Å². The van der Waals surface area contributed by atoms with Crippen LogP contribution < -0.4 is 0 Å². The van der Waals surface area contributed by atoms with Crippen LogP contribution in [0.25, 0.3) is 0 Å². The minimum Gasteiger partial charge on any atom is -0.507 e. The number of benzene rings is 1. The summed E-state index contributed by atoms with van der Waals surface area (Å²) in [6.45, 7) is 3.68. The van der Waals surface area contributed by atoms with Crippen molar-refractivity contribution in [3.8, 4) is 5.75 Å². The van der Waals surface area contributed by atoms with Gasteiger partial charge >= 0.3 is 0 Å². The molecule has 0 aromatic heterocycles. The molecule has 0 aliphatic carbocycles. The van der Waals surface area contributed by atoms with E-state index in [9.17, 15) is 9.90 Å². The molecule has 0 unspecified atom stereocenters. The Morgan fingerprint density at radius 3 is 2.50 bits per heavy atom. The van der Waals surface area contributed by atoms with Crippen LogP contribution in [0.1, 0.15) is 21.5 Å². The molecule has 1 aromatic carbocycles. The summed E-state index contributed by atoms with van der Waals surface area (Å²) in [6.07, 6.45) is 0. The molecule has 1 aromatic rings. The molecule has 1 rings (SSSR count). The predicted octanol–water partition coefficient (Wildman–Crippen LogP) is 3.35. The lowest BCUT2D eigenvalue weighted by Crippen LogP contribution is -2.02. The van der Waals surface area contributed by atoms with Gasteiger partial charge in [-0.1, -0.05) is 31.9 Å². The molecule has 2 nitrogen and oxygen atoms in total. The summed E-state index contributed by atoms with van der Waals surface area (Å²) < 4.78 is 0.845. The second-order valence-electron chi connectivity index (χ2n) is 3.06. The Labute approximate surface area is 99.6 Å². The van der Waals surface area contributed by atoms with Crippen molar-refractivity contribution in [3.63, 3.8) is 0 Å². The predicted molar refractivity (Wildman–Crippen MR) is 63.4 cm³/mol. The molecule has 0 heterocycles. The Balaban J connectivity index is 3.40. The fourth-order valence-corrected chi connectivity index (χ4v) is 1.97. The minimum absolute atomic E-state index is 0.0788. The third kappa shape index (κ3) is 2.01. The lowest BCUT2D eigenvalue weighted by Gasteiger charge is -2.09. The molecule has 1 N–H and O–H groups in total. The van der Waals surface area contributed by atoms with E-state index in [1.54, 1.807) is 13.0 Å². The quantitative estimate of drug-likeness (QED) is 0.670. The Morgan fingerprint density at radius 2 is 2.00 bits per heavy atom. The number of Topliss-reactive ketones (excluding diaryl/α,β-unsaturated/α-hetero) is 1. The highest BCUT2D eigenvalue weighted by atomic mass is 79.9. The van der Waals surface area contributed by atoms with Crippen LogP contribution in [-0.4, -0.2) is 16.2 Å². The topological polar surface area (TPSA) is 37.3 Å². The number of ketones is 1. The van der Waals surface area contributed by atoms with E-state index in [1.165, 1.54) is 0 Å². The van der Waals surface area contributed by atoms with E-state index in [-0.39, 0.29) is 16.9 Å². The van der Waals surface area contributed by atoms with Gasteiger partial charge in [-0.15, -0.1) is 0 Å². The molecule has 0 amide bonds. The lowest BCUT2D eigenvalue weighted by molar-refractivity contribution is 0.102. The van der Waals surface area contributed by atoms with E-state index < -0.39 is 0 Å². The number of alkyl halides is 1. The van der Waals surface area contributed by atoms with Gasteiger partial charge in [-0.2, -0.15) is 0 Å². The fourth-order valence-electron chi connectivity index (χ4n) is 1.15. The molecule has 0 bridgehead atoms. The first-order valence-electron chi connectivity index (χ1n) is 4.06. The van der Waals surface area contributed by atoms with Crippen LogP contribution in [0.15, 0.2) is 10.5 Å². The van der Waals surface area contributed by atoms with Crippen molar-refractivity contribution in [3.05, 3.63) is 27.2 Å². The maximum absolute atomic E-state index is 11.4. The third-order valence-electron chi connectivity index (χ3n) is 2.22. The standard InChI is InChI=1S/C10H10Br2O2/c1-5-6(2)10(14)7(3-8(5)12)9(13)4-11/h3,14H,4H2,1-2H3. The van der Waals surface area contributed by atoms with Gasteiger partial charge in [0.15, 0.2) is 5.78 Å². The summed E-state index contributed by atoms with van der Waals surface area (Å²) >= 11 is 6.43. The van der Waals surface area contributed by atoms with Crippen LogP contribution in [0.5, 0.6) is 5.75 Å². The van der Waals surface area contributed by atoms with E-state index >= 15 is 0 Å². The number of hydrogen-bond acceptors (Lipinski definition) is 2. The monoisotopic (exact) mass is 320 g/mol. The lowest BCUT2D eigenvalue weighted by atomic mass is 10.0. The molecule has 76 valence electrons. The van der Waals surface area contributed by atoms with Gasteiger partial charge < -0.3 is 5.11 Å². The Morgan fingerprint density at radius 1 is 1.43 bits per heavy atom. The van der Waals surface area contributed by atoms with Gasteiger partial charge in [-0.25, -0.2) is 0 Å². The van der Waals surface area contributed by atoms with E-state index in [1.807, 2.05) is 6.92 Å². The van der Waals surface area contributed by atoms with Gasteiger partial charge in [-0.05, 0) is 31.0 Å². The average Bonchev–Trinajstić information content (AvgIpc) is 2.19. The van der Waals surface area contributed by atoms with Crippen LogP contribution in [0.2, 0.25) is 0 Å². The molecule has 0 aliphatic rings. The Bertz CT molecular complexity index is 386. The van der Waals surface area contributed by atoms with Crippen LogP contribution in [0, 0.1) is 13.8 Å². The number of phenols is 1. The Hall–Kier alpha value is -0.350. The number of halogens is 2. The second-order valence-corrected chi connectivity index (χ2v) is 4.48. The van der Waals surface area contributed by atoms with Crippen LogP contribution in [0.4, 0.5) is 0 Å². The molecule has 0 radical (unpaired) electrons. The van der Waals surface area contributed by atoms with Crippen molar-refractivity contribution >= 4 is 37.6 Å². The Kier molecular flexibility index (Phi) is 3.72. The van der Waals surface area contributed by atoms with Crippen molar-refractivity contribution in [2.24, 2.45) is 0 Å². The first-order chi connectivity index (χ1) is 6.49. The maximum Gasteiger partial charge on any atom is 0.177 e. The molecule has 0 aliphatic heterocycles. The third-order valence-corrected chi connectivity index (χ3v) is 3.56. The number of phenolic OH excluding ortho intramolecular Hbond substituents is 1. The zero-order valence-electron chi connectivity index (χ0n) is 7.90. The number of hydrogen-bond donors (Lipinski definition) is 1. The largest absolute Gasteiger partial charge is 0.507 e. The number of carbonyl (C=O) groups is 1. The molecule has 0 spiro atoms. The van der Waals surface area contributed by atoms with E-state index in [4.69, 9.17) is 0 Å². The number of carbonyl (C=O) groups excluding carboxylic acids is 1. The summed E-state index contributed by atoms with van der Waals surface area (Å²) in [5.41, 5.74) is 2.05. The molecular formula is C10H10Br2O2. The maximum atomic E-state index is 11.4. The molecule has 0 saturated carbocycles. The fraction of sp³-hybridized carbons (Fsp3) is 0.300. The summed E-state index contributed by atoms with van der Waals surface area (Å²) in [5, 5.41) is 9.96. The van der Waals surface area contributed by atoms with Gasteiger partial charge in [-0.3, -0.25) is 4.79 Å². The normalized spacial score (nSPS) is 10.3. The van der Waals surface area contributed by atoms with Crippen molar-refractivity contribution in [2.45, 2.75) is 13.8 Å². The summed E-state index contributed by atoms with van der Waals surface area (Å²) in [6, 6.07) is 1.65. The summed E-state index contributed by atoms with van der Waals surface area (Å²) in [5.74, 6) is -0.0403. The SMILES string of the molecule is Cc1c(Br)cc(C(=O)CBr)c(O)c1C. The zero-order chi connectivity index (χ0) is 10.9. The second kappa shape index (κ2) is 4.45. The number of rotatable bonds is 2. The summed E-state index contributed by atoms with van der Waals surface area (Å²) in [4.78, 5) is 11.4. The van der Waals surface area contributed by atoms with Crippen molar-refractivity contribution in [2.75, 3.05) is 5.33 Å². The highest BCUT2D eigenvalue weighted by Gasteiger charge is 2.15. The van der Waals surface area contributed by atoms with E-state index in [2.05, 4.69) is 31.9 Å². The van der Waals surface area contributed by atoms with E-state index in [0.717, 1.165) is 15.6 Å². The van der Waals surface area contributed by atoms with Crippen molar-refractivity contribution in [1.29, 1.82) is 0 Å². The van der Waals surface area contributed by atoms with Crippen molar-refractivity contribution in [1.82, 2.24) is 0 Å². The van der Waals surface area contributed by atoms with Crippen LogP contribution >= 0.6 is 31.9 Å². The number of aromatic hydroxyl groups is 1. The highest BCUT2D eigenvalue weighted by Crippen LogP contribution is 2.31. The van der Waals surface area contributed by atoms with Gasteiger partial charge in [0.05, 0.1) is 10.9 Å². The van der Waals surface area contributed by atoms with Gasteiger partial charge in [0.1, 0.15) is 5.75 Å². The van der Waals surface area contributed by atoms with Crippen LogP contribution in [-0.2, 0) is 0 Å². The van der Waals surface area contributed by atoms with Crippen LogP contribution in [0.3, 0.4) is 0 Å². The molecule has 0 fully saturated rings. The smallest absolute Gasteiger partial charge is 0.177 e. The van der Waals surface area contributed by atoms with E-state index in [0.29, 0.717) is 5.56 Å². The van der Waals surface area contributed by atoms with Crippen molar-refractivity contribution < 1.29 is 9.90 Å². The van der Waals surface area contributed by atoms with Gasteiger partial charge in [0, 0.05) is 4.47 Å². The molecule has 4 heteroatoms. The minimum atomic E-state index is -0.119. The first-order valence-corrected chi connectivity index (χ1v) is 5.98. The zero-order valence-corrected chi connectivity index (χ0v) is 11.1. The van der Waals surface area contributed by atoms with Gasteiger partial charge in [0.2, 0.25) is 0 Å².